The van der Waals surface area contributed by atoms with Gasteiger partial charge in [-0.1, -0.05) is 179 Å². The second-order valence-electron chi connectivity index (χ2n) is 15.1. The summed E-state index contributed by atoms with van der Waals surface area (Å²) in [5.74, 6) is -0.454. The summed E-state index contributed by atoms with van der Waals surface area (Å²) in [6.07, 6.45) is 41.1. The summed E-state index contributed by atoms with van der Waals surface area (Å²) in [7, 11) is -4.40. The molecule has 0 saturated heterocycles. The largest absolute Gasteiger partial charge is 0.472 e. The zero-order chi connectivity index (χ0) is 39.1. The van der Waals surface area contributed by atoms with Crippen molar-refractivity contribution in [3.8, 4) is 0 Å². The van der Waals surface area contributed by atoms with Gasteiger partial charge in [0.1, 0.15) is 0 Å². The van der Waals surface area contributed by atoms with Gasteiger partial charge in [-0.05, 0) is 44.9 Å². The third-order valence-corrected chi connectivity index (χ3v) is 10.8. The van der Waals surface area contributed by atoms with Gasteiger partial charge in [0.15, 0.2) is 0 Å². The van der Waals surface area contributed by atoms with E-state index in [9.17, 15) is 24.5 Å². The number of nitrogens with one attached hydrogen (secondary N) is 1. The van der Waals surface area contributed by atoms with Crippen LogP contribution in [0.15, 0.2) is 24.3 Å². The van der Waals surface area contributed by atoms with Crippen LogP contribution < -0.4 is 11.1 Å². The molecule has 0 aliphatic heterocycles. The first-order valence-electron chi connectivity index (χ1n) is 22.0. The molecule has 0 radical (unpaired) electrons. The van der Waals surface area contributed by atoms with E-state index < -0.39 is 38.6 Å². The molecule has 0 rings (SSSR count). The lowest BCUT2D eigenvalue weighted by atomic mass is 10.0. The van der Waals surface area contributed by atoms with Gasteiger partial charge in [-0.2, -0.15) is 0 Å². The van der Waals surface area contributed by atoms with E-state index in [0.29, 0.717) is 6.42 Å². The van der Waals surface area contributed by atoms with Gasteiger partial charge in [-0.15, -0.1) is 0 Å². The van der Waals surface area contributed by atoms with E-state index in [1.807, 2.05) is 6.08 Å². The lowest BCUT2D eigenvalue weighted by Gasteiger charge is -2.24. The molecule has 0 aromatic heterocycles. The molecule has 0 aromatic rings. The first-order chi connectivity index (χ1) is 25.8. The Hall–Kier alpha value is -1.06. The van der Waals surface area contributed by atoms with Crippen molar-refractivity contribution in [2.45, 2.75) is 225 Å². The maximum atomic E-state index is 12.8. The zero-order valence-electron chi connectivity index (χ0n) is 34.4. The van der Waals surface area contributed by atoms with Crippen LogP contribution in [-0.4, -0.2) is 59.0 Å². The number of hydrogen-bond acceptors (Lipinski definition) is 7. The average molecular weight is 773 g/mol. The number of allylic oxidation sites excluding steroid dienone is 3. The van der Waals surface area contributed by atoms with E-state index in [0.717, 1.165) is 51.4 Å². The molecule has 0 aromatic carbocycles. The van der Waals surface area contributed by atoms with E-state index >= 15 is 0 Å². The lowest BCUT2D eigenvalue weighted by Crippen LogP contribution is -2.46. The van der Waals surface area contributed by atoms with Crippen molar-refractivity contribution in [2.75, 3.05) is 19.8 Å². The molecule has 314 valence electrons. The quantitative estimate of drug-likeness (QED) is 0.0234. The summed E-state index contributed by atoms with van der Waals surface area (Å²) in [5.41, 5.74) is 5.36. The summed E-state index contributed by atoms with van der Waals surface area (Å²) in [5, 5.41) is 24.0. The van der Waals surface area contributed by atoms with Crippen LogP contribution in [0.5, 0.6) is 0 Å². The highest BCUT2D eigenvalue weighted by molar-refractivity contribution is 7.47. The van der Waals surface area contributed by atoms with Crippen LogP contribution in [0, 0.1) is 0 Å². The Morgan fingerprint density at radius 1 is 0.642 bits per heavy atom. The highest BCUT2D eigenvalue weighted by Crippen LogP contribution is 2.43. The van der Waals surface area contributed by atoms with Gasteiger partial charge in [0, 0.05) is 6.54 Å². The van der Waals surface area contributed by atoms with Crippen LogP contribution in [0.25, 0.3) is 0 Å². The number of nitrogens with two attached hydrogens (primary N) is 1. The second kappa shape index (κ2) is 39.2. The molecule has 0 aliphatic rings. The van der Waals surface area contributed by atoms with Crippen molar-refractivity contribution in [3.05, 3.63) is 24.3 Å². The maximum absolute atomic E-state index is 12.8. The molecule has 0 saturated carbocycles. The number of phosphoric acid groups is 1. The molecule has 4 unspecified atom stereocenters. The molecule has 0 bridgehead atoms. The van der Waals surface area contributed by atoms with Crippen molar-refractivity contribution >= 4 is 13.7 Å². The molecular formula is C43H85N2O7P. The summed E-state index contributed by atoms with van der Waals surface area (Å²) >= 11 is 0. The van der Waals surface area contributed by atoms with Gasteiger partial charge < -0.3 is 26.2 Å². The Morgan fingerprint density at radius 3 is 1.51 bits per heavy atom. The third kappa shape index (κ3) is 37.6. The van der Waals surface area contributed by atoms with Gasteiger partial charge in [-0.3, -0.25) is 13.8 Å². The van der Waals surface area contributed by atoms with Crippen LogP contribution in [0.4, 0.5) is 0 Å². The van der Waals surface area contributed by atoms with Crippen LogP contribution in [0.3, 0.4) is 0 Å². The number of hydrogen-bond donors (Lipinski definition) is 5. The Balaban J connectivity index is 4.35. The summed E-state index contributed by atoms with van der Waals surface area (Å²) in [6, 6.07) is -0.984. The van der Waals surface area contributed by atoms with Crippen molar-refractivity contribution in [1.82, 2.24) is 5.32 Å². The minimum absolute atomic E-state index is 0.0483. The van der Waals surface area contributed by atoms with Crippen LogP contribution in [-0.2, 0) is 18.4 Å². The van der Waals surface area contributed by atoms with E-state index in [2.05, 4.69) is 31.3 Å². The molecular weight excluding hydrogens is 687 g/mol. The van der Waals surface area contributed by atoms with Gasteiger partial charge in [-0.25, -0.2) is 4.57 Å². The van der Waals surface area contributed by atoms with Crippen molar-refractivity contribution < 1.29 is 33.5 Å². The van der Waals surface area contributed by atoms with Crippen molar-refractivity contribution in [1.29, 1.82) is 0 Å². The normalized spacial score (nSPS) is 14.9. The minimum atomic E-state index is -4.40. The summed E-state index contributed by atoms with van der Waals surface area (Å²) in [6.45, 7) is 3.97. The molecule has 10 heteroatoms. The van der Waals surface area contributed by atoms with Gasteiger partial charge >= 0.3 is 7.82 Å². The number of carbonyl (C=O) groups excluding carboxylic acids is 1. The lowest BCUT2D eigenvalue weighted by molar-refractivity contribution is -0.124. The third-order valence-electron chi connectivity index (χ3n) is 9.83. The zero-order valence-corrected chi connectivity index (χ0v) is 35.3. The molecule has 9 nitrogen and oxygen atoms in total. The molecule has 0 aliphatic carbocycles. The number of carbonyl (C=O) groups is 1. The highest BCUT2D eigenvalue weighted by Gasteiger charge is 2.27. The minimum Gasteiger partial charge on any atom is -0.393 e. The monoisotopic (exact) mass is 773 g/mol. The van der Waals surface area contributed by atoms with E-state index in [4.69, 9.17) is 14.8 Å². The molecule has 1 amide bonds. The molecule has 4 atom stereocenters. The number of unbranched alkanes of at least 4 members (excludes halogenated alkanes) is 25. The summed E-state index contributed by atoms with van der Waals surface area (Å²) < 4.78 is 22.1. The fraction of sp³-hybridized carbons (Fsp3) is 0.884. The number of aliphatic hydroxyl groups excluding tert-OH is 2. The van der Waals surface area contributed by atoms with Crippen LogP contribution in [0.1, 0.15) is 206 Å². The Labute approximate surface area is 326 Å². The maximum Gasteiger partial charge on any atom is 0.472 e. The Kier molecular flexibility index (Phi) is 38.4. The summed E-state index contributed by atoms with van der Waals surface area (Å²) in [4.78, 5) is 22.7. The predicted molar refractivity (Wildman–Crippen MR) is 223 cm³/mol. The first-order valence-corrected chi connectivity index (χ1v) is 23.5. The van der Waals surface area contributed by atoms with Crippen LogP contribution in [0.2, 0.25) is 0 Å². The number of rotatable bonds is 41. The molecule has 6 N–H and O–H groups in total. The highest BCUT2D eigenvalue weighted by atomic mass is 31.2. The van der Waals surface area contributed by atoms with Gasteiger partial charge in [0.25, 0.3) is 0 Å². The first kappa shape index (κ1) is 51.9. The Bertz CT molecular complexity index is 904. The van der Waals surface area contributed by atoms with Gasteiger partial charge in [0.2, 0.25) is 5.91 Å². The number of phosphoric ester groups is 1. The van der Waals surface area contributed by atoms with E-state index in [-0.39, 0.29) is 19.6 Å². The number of aliphatic hydroxyl groups is 2. The van der Waals surface area contributed by atoms with Gasteiger partial charge in [0.05, 0.1) is 37.9 Å². The second-order valence-corrected chi connectivity index (χ2v) is 16.5. The number of amides is 1. The standard InChI is InChI=1S/C43H85N2O7P/c1-3-5-7-9-11-13-15-17-19-20-21-23-25-27-29-31-33-35-42(47)41(39-52-53(49,50)51-37-36-44)45-43(48)38-40(46)34-32-30-28-26-24-22-18-16-14-12-10-8-6-4-2/h22,24,33,35,40-42,46-47H,3-21,23,25-32,34,36-39,44H2,1-2H3,(H,45,48)(H,49,50)/b24-22-,35-33+. The van der Waals surface area contributed by atoms with Crippen molar-refractivity contribution in [3.63, 3.8) is 0 Å². The van der Waals surface area contributed by atoms with Crippen LogP contribution >= 0.6 is 7.82 Å². The molecule has 0 heterocycles. The van der Waals surface area contributed by atoms with E-state index in [1.54, 1.807) is 6.08 Å². The topological polar surface area (TPSA) is 151 Å². The Morgan fingerprint density at radius 2 is 1.06 bits per heavy atom. The van der Waals surface area contributed by atoms with E-state index in [1.165, 1.54) is 128 Å². The fourth-order valence-electron chi connectivity index (χ4n) is 6.46. The average Bonchev–Trinajstić information content (AvgIpc) is 3.13. The molecule has 0 fully saturated rings. The predicted octanol–water partition coefficient (Wildman–Crippen LogP) is 11.1. The SMILES string of the molecule is CCCCCCCCC/C=C\CCCCCC(O)CC(=O)NC(COP(=O)(O)OCCN)C(O)/C=C/CCCCCCCCCCCCCCCCC. The molecule has 0 spiro atoms. The smallest absolute Gasteiger partial charge is 0.393 e. The fourth-order valence-corrected chi connectivity index (χ4v) is 7.22. The molecule has 53 heavy (non-hydrogen) atoms. The van der Waals surface area contributed by atoms with Crippen molar-refractivity contribution in [2.24, 2.45) is 5.73 Å².